The number of fused-ring (bicyclic) bond motifs is 2. The first-order chi connectivity index (χ1) is 9.15. The SMILES string of the molecule is Cc1ccc(C(=O)C2CC3CCCC(C2)S3=O)cn1. The maximum Gasteiger partial charge on any atom is 0.167 e. The third kappa shape index (κ3) is 2.50. The van der Waals surface area contributed by atoms with Crippen molar-refractivity contribution in [2.75, 3.05) is 0 Å². The molecule has 0 saturated carbocycles. The maximum absolute atomic E-state index is 12.5. The number of carbonyl (C=O) groups excluding carboxylic acids is 1. The van der Waals surface area contributed by atoms with Crippen molar-refractivity contribution in [1.29, 1.82) is 0 Å². The molecule has 2 aliphatic heterocycles. The van der Waals surface area contributed by atoms with Crippen LogP contribution in [0.5, 0.6) is 0 Å². The molecule has 0 spiro atoms. The zero-order valence-electron chi connectivity index (χ0n) is 11.2. The summed E-state index contributed by atoms with van der Waals surface area (Å²) in [5.41, 5.74) is 1.64. The zero-order chi connectivity index (χ0) is 13.4. The van der Waals surface area contributed by atoms with Gasteiger partial charge in [0.1, 0.15) is 0 Å². The predicted molar refractivity (Wildman–Crippen MR) is 75.6 cm³/mol. The van der Waals surface area contributed by atoms with Gasteiger partial charge in [-0.05, 0) is 44.7 Å². The fourth-order valence-electron chi connectivity index (χ4n) is 3.30. The highest BCUT2D eigenvalue weighted by atomic mass is 32.2. The number of aromatic nitrogens is 1. The smallest absolute Gasteiger partial charge is 0.167 e. The molecule has 0 aromatic carbocycles. The third-order valence-corrected chi connectivity index (χ3v) is 6.54. The van der Waals surface area contributed by atoms with E-state index in [1.807, 2.05) is 19.1 Å². The highest BCUT2D eigenvalue weighted by Gasteiger charge is 2.40. The minimum absolute atomic E-state index is 0.0532. The van der Waals surface area contributed by atoms with Gasteiger partial charge in [-0.15, -0.1) is 0 Å². The van der Waals surface area contributed by atoms with Gasteiger partial charge in [0.25, 0.3) is 0 Å². The van der Waals surface area contributed by atoms with Crippen LogP contribution in [0.3, 0.4) is 0 Å². The first-order valence-corrected chi connectivity index (χ1v) is 8.29. The lowest BCUT2D eigenvalue weighted by molar-refractivity contribution is 0.0895. The van der Waals surface area contributed by atoms with E-state index in [0.717, 1.165) is 31.4 Å². The van der Waals surface area contributed by atoms with Gasteiger partial charge in [-0.25, -0.2) is 0 Å². The van der Waals surface area contributed by atoms with E-state index in [-0.39, 0.29) is 22.2 Å². The van der Waals surface area contributed by atoms with Gasteiger partial charge in [-0.3, -0.25) is 14.0 Å². The van der Waals surface area contributed by atoms with Gasteiger partial charge < -0.3 is 0 Å². The first-order valence-electron chi connectivity index (χ1n) is 7.01. The molecule has 0 N–H and O–H groups in total. The topological polar surface area (TPSA) is 47.0 Å². The first kappa shape index (κ1) is 13.0. The van der Waals surface area contributed by atoms with E-state index in [1.54, 1.807) is 6.20 Å². The van der Waals surface area contributed by atoms with Crippen LogP contribution in [-0.4, -0.2) is 25.5 Å². The molecule has 2 saturated heterocycles. The molecule has 1 aromatic heterocycles. The largest absolute Gasteiger partial charge is 0.294 e. The molecular formula is C15H19NO2S. The summed E-state index contributed by atoms with van der Waals surface area (Å²) in [5, 5.41) is 0.500. The van der Waals surface area contributed by atoms with Gasteiger partial charge in [-0.1, -0.05) is 6.42 Å². The molecule has 3 rings (SSSR count). The molecular weight excluding hydrogens is 258 g/mol. The summed E-state index contributed by atoms with van der Waals surface area (Å²) in [7, 11) is -0.701. The Morgan fingerprint density at radius 1 is 1.26 bits per heavy atom. The second-order valence-corrected chi connectivity index (χ2v) is 7.71. The highest BCUT2D eigenvalue weighted by Crippen LogP contribution is 2.38. The average Bonchev–Trinajstić information content (AvgIpc) is 2.38. The Bertz CT molecular complexity index is 495. The van der Waals surface area contributed by atoms with Gasteiger partial charge in [0.15, 0.2) is 5.78 Å². The number of rotatable bonds is 2. The summed E-state index contributed by atoms with van der Waals surface area (Å²) in [6, 6.07) is 3.75. The van der Waals surface area contributed by atoms with Crippen LogP contribution in [0.1, 0.15) is 48.2 Å². The maximum atomic E-state index is 12.5. The summed E-state index contributed by atoms with van der Waals surface area (Å²) >= 11 is 0. The zero-order valence-corrected chi connectivity index (χ0v) is 12.0. The lowest BCUT2D eigenvalue weighted by Gasteiger charge is -2.37. The van der Waals surface area contributed by atoms with Gasteiger partial charge in [0, 0.05) is 44.7 Å². The van der Waals surface area contributed by atoms with Crippen molar-refractivity contribution in [2.24, 2.45) is 5.92 Å². The lowest BCUT2D eigenvalue weighted by Crippen LogP contribution is -2.41. The molecule has 2 aliphatic rings. The van der Waals surface area contributed by atoms with Crippen LogP contribution >= 0.6 is 0 Å². The molecule has 102 valence electrons. The van der Waals surface area contributed by atoms with Crippen molar-refractivity contribution in [2.45, 2.75) is 49.5 Å². The third-order valence-electron chi connectivity index (χ3n) is 4.37. The van der Waals surface area contributed by atoms with E-state index < -0.39 is 10.8 Å². The Kier molecular flexibility index (Phi) is 3.52. The van der Waals surface area contributed by atoms with Crippen molar-refractivity contribution in [3.8, 4) is 0 Å². The number of nitrogens with zero attached hydrogens (tertiary/aromatic N) is 1. The van der Waals surface area contributed by atoms with Crippen LogP contribution in [0.4, 0.5) is 0 Å². The van der Waals surface area contributed by atoms with Crippen LogP contribution < -0.4 is 0 Å². The summed E-state index contributed by atoms with van der Waals surface area (Å²) < 4.78 is 12.1. The van der Waals surface area contributed by atoms with Crippen LogP contribution in [0.15, 0.2) is 18.3 Å². The minimum atomic E-state index is -0.701. The summed E-state index contributed by atoms with van der Waals surface area (Å²) in [4.78, 5) is 16.7. The fourth-order valence-corrected chi connectivity index (χ4v) is 5.48. The predicted octanol–water partition coefficient (Wildman–Crippen LogP) is 2.65. The summed E-state index contributed by atoms with van der Waals surface area (Å²) in [5.74, 6) is 0.249. The van der Waals surface area contributed by atoms with Crippen molar-refractivity contribution in [3.63, 3.8) is 0 Å². The van der Waals surface area contributed by atoms with Crippen LogP contribution in [0.25, 0.3) is 0 Å². The van der Waals surface area contributed by atoms with Gasteiger partial charge in [-0.2, -0.15) is 0 Å². The quantitative estimate of drug-likeness (QED) is 0.781. The second-order valence-electron chi connectivity index (χ2n) is 5.72. The Morgan fingerprint density at radius 2 is 1.95 bits per heavy atom. The average molecular weight is 277 g/mol. The number of Topliss-reactive ketones (excluding diaryl/α,β-unsaturated/α-hetero) is 1. The van der Waals surface area contributed by atoms with E-state index in [9.17, 15) is 9.00 Å². The molecule has 3 nitrogen and oxygen atoms in total. The molecule has 3 heterocycles. The minimum Gasteiger partial charge on any atom is -0.294 e. The van der Waals surface area contributed by atoms with Crippen molar-refractivity contribution >= 4 is 16.6 Å². The van der Waals surface area contributed by atoms with Gasteiger partial charge in [0.2, 0.25) is 0 Å². The fraction of sp³-hybridized carbons (Fsp3) is 0.600. The van der Waals surface area contributed by atoms with E-state index in [2.05, 4.69) is 4.98 Å². The van der Waals surface area contributed by atoms with Crippen molar-refractivity contribution in [1.82, 2.24) is 4.98 Å². The van der Waals surface area contributed by atoms with E-state index in [4.69, 9.17) is 0 Å². The molecule has 1 aromatic rings. The number of carbonyl (C=O) groups is 1. The Hall–Kier alpha value is -1.03. The Labute approximate surface area is 116 Å². The molecule has 2 fully saturated rings. The van der Waals surface area contributed by atoms with E-state index >= 15 is 0 Å². The standard InChI is InChI=1S/C15H19NO2S/c1-10-5-6-11(9-16-10)15(17)12-7-13-3-2-4-14(8-12)19(13)18/h5-6,9,12-14H,2-4,7-8H2,1H3. The number of aryl methyl sites for hydroxylation is 1. The molecule has 19 heavy (non-hydrogen) atoms. The highest BCUT2D eigenvalue weighted by molar-refractivity contribution is 7.86. The van der Waals surface area contributed by atoms with Gasteiger partial charge in [0.05, 0.1) is 0 Å². The molecule has 2 unspecified atom stereocenters. The van der Waals surface area contributed by atoms with E-state index in [0.29, 0.717) is 5.56 Å². The molecule has 0 amide bonds. The van der Waals surface area contributed by atoms with Gasteiger partial charge >= 0.3 is 0 Å². The summed E-state index contributed by atoms with van der Waals surface area (Å²) in [6.07, 6.45) is 6.51. The Balaban J connectivity index is 1.78. The second kappa shape index (κ2) is 5.16. The van der Waals surface area contributed by atoms with Crippen molar-refractivity contribution in [3.05, 3.63) is 29.6 Å². The van der Waals surface area contributed by atoms with Crippen LogP contribution in [0.2, 0.25) is 0 Å². The molecule has 0 aliphatic carbocycles. The monoisotopic (exact) mass is 277 g/mol. The van der Waals surface area contributed by atoms with Crippen LogP contribution in [0, 0.1) is 12.8 Å². The van der Waals surface area contributed by atoms with Crippen LogP contribution in [-0.2, 0) is 10.8 Å². The molecule has 2 atom stereocenters. The normalized spacial score (nSPS) is 33.9. The lowest BCUT2D eigenvalue weighted by atomic mass is 9.85. The molecule has 0 radical (unpaired) electrons. The summed E-state index contributed by atoms with van der Waals surface area (Å²) in [6.45, 7) is 1.92. The number of hydrogen-bond donors (Lipinski definition) is 0. The Morgan fingerprint density at radius 3 is 2.53 bits per heavy atom. The number of hydrogen-bond acceptors (Lipinski definition) is 3. The number of ketones is 1. The molecule has 4 heteroatoms. The number of pyridine rings is 1. The van der Waals surface area contributed by atoms with Crippen molar-refractivity contribution < 1.29 is 9.00 Å². The van der Waals surface area contributed by atoms with E-state index in [1.165, 1.54) is 6.42 Å². The molecule has 2 bridgehead atoms.